The summed E-state index contributed by atoms with van der Waals surface area (Å²) in [5.41, 5.74) is 1.88. The third-order valence-corrected chi connectivity index (χ3v) is 5.72. The van der Waals surface area contributed by atoms with Gasteiger partial charge in [-0.25, -0.2) is 9.59 Å². The van der Waals surface area contributed by atoms with Crippen LogP contribution < -0.4 is 0 Å². The van der Waals surface area contributed by atoms with Crippen LogP contribution in [0.5, 0.6) is 0 Å². The van der Waals surface area contributed by atoms with Gasteiger partial charge in [-0.3, -0.25) is 9.97 Å². The summed E-state index contributed by atoms with van der Waals surface area (Å²) in [6, 6.07) is 6.56. The van der Waals surface area contributed by atoms with Crippen LogP contribution in [0.15, 0.2) is 36.7 Å². The van der Waals surface area contributed by atoms with Gasteiger partial charge < -0.3 is 9.47 Å². The van der Waals surface area contributed by atoms with Crippen molar-refractivity contribution >= 4 is 11.9 Å². The number of carbonyl (C=O) groups excluding carboxylic acids is 2. The average molecular weight is 469 g/mol. The van der Waals surface area contributed by atoms with Crippen LogP contribution in [0, 0.1) is 0 Å². The van der Waals surface area contributed by atoms with E-state index in [9.17, 15) is 9.59 Å². The zero-order valence-corrected chi connectivity index (χ0v) is 20.9. The smallest absolute Gasteiger partial charge is 0.338 e. The van der Waals surface area contributed by atoms with Crippen LogP contribution in [0.4, 0.5) is 0 Å². The fourth-order valence-corrected chi connectivity index (χ4v) is 3.66. The van der Waals surface area contributed by atoms with Crippen molar-refractivity contribution in [1.29, 1.82) is 0 Å². The van der Waals surface area contributed by atoms with Crippen LogP contribution >= 0.6 is 0 Å². The highest BCUT2D eigenvalue weighted by Crippen LogP contribution is 2.18. The van der Waals surface area contributed by atoms with Gasteiger partial charge in [-0.2, -0.15) is 0 Å². The first-order chi connectivity index (χ1) is 16.7. The third-order valence-electron chi connectivity index (χ3n) is 5.72. The lowest BCUT2D eigenvalue weighted by molar-refractivity contribution is 0.0488. The van der Waals surface area contributed by atoms with Crippen molar-refractivity contribution < 1.29 is 19.1 Å². The van der Waals surface area contributed by atoms with Gasteiger partial charge in [0.25, 0.3) is 0 Å². The minimum absolute atomic E-state index is 0.369. The van der Waals surface area contributed by atoms with E-state index in [1.807, 2.05) is 0 Å². The Morgan fingerprint density at radius 1 is 0.618 bits per heavy atom. The standard InChI is InChI=1S/C28H40N2O4/c1-3-5-7-9-11-13-19-33-27(31)23-15-17-29-25(21-23)26-22-24(16-18-30-26)28(32)34-20-14-12-10-8-6-4-2/h15-18,21-22H,3-14,19-20H2,1-2H3. The summed E-state index contributed by atoms with van der Waals surface area (Å²) in [5.74, 6) is -0.738. The lowest BCUT2D eigenvalue weighted by Crippen LogP contribution is -2.08. The number of nitrogens with zero attached hydrogens (tertiary/aromatic N) is 2. The van der Waals surface area contributed by atoms with Crippen molar-refractivity contribution in [3.8, 4) is 11.4 Å². The van der Waals surface area contributed by atoms with Crippen LogP contribution in [0.1, 0.15) is 112 Å². The van der Waals surface area contributed by atoms with Crippen LogP contribution in [0.2, 0.25) is 0 Å². The molecule has 0 unspecified atom stereocenters. The maximum Gasteiger partial charge on any atom is 0.338 e. The zero-order chi connectivity index (χ0) is 24.4. The van der Waals surface area contributed by atoms with Gasteiger partial charge in [0.05, 0.1) is 35.7 Å². The van der Waals surface area contributed by atoms with Gasteiger partial charge in [-0.15, -0.1) is 0 Å². The van der Waals surface area contributed by atoms with E-state index in [1.54, 1.807) is 36.7 Å². The molecule has 0 fully saturated rings. The second-order valence-electron chi connectivity index (χ2n) is 8.67. The summed E-state index contributed by atoms with van der Waals surface area (Å²) in [6.45, 7) is 5.22. The van der Waals surface area contributed by atoms with Crippen LogP contribution in [0.3, 0.4) is 0 Å². The van der Waals surface area contributed by atoms with Crippen molar-refractivity contribution in [2.24, 2.45) is 0 Å². The minimum atomic E-state index is -0.369. The normalized spacial score (nSPS) is 10.8. The summed E-state index contributed by atoms with van der Waals surface area (Å²) < 4.78 is 10.8. The average Bonchev–Trinajstić information content (AvgIpc) is 2.87. The Morgan fingerprint density at radius 3 is 1.41 bits per heavy atom. The predicted octanol–water partition coefficient (Wildman–Crippen LogP) is 7.18. The van der Waals surface area contributed by atoms with Gasteiger partial charge >= 0.3 is 11.9 Å². The van der Waals surface area contributed by atoms with E-state index < -0.39 is 0 Å². The molecule has 0 aliphatic carbocycles. The predicted molar refractivity (Wildman–Crippen MR) is 135 cm³/mol. The molecule has 6 nitrogen and oxygen atoms in total. The molecule has 2 aromatic rings. The lowest BCUT2D eigenvalue weighted by atomic mass is 10.1. The fourth-order valence-electron chi connectivity index (χ4n) is 3.66. The molecule has 0 saturated carbocycles. The summed E-state index contributed by atoms with van der Waals surface area (Å²) in [5, 5.41) is 0. The van der Waals surface area contributed by atoms with Gasteiger partial charge in [0, 0.05) is 12.4 Å². The molecule has 0 atom stereocenters. The molecule has 186 valence electrons. The topological polar surface area (TPSA) is 78.4 Å². The molecule has 0 spiro atoms. The van der Waals surface area contributed by atoms with E-state index in [4.69, 9.17) is 9.47 Å². The first-order valence-electron chi connectivity index (χ1n) is 12.9. The fraction of sp³-hybridized carbons (Fsp3) is 0.571. The van der Waals surface area contributed by atoms with Crippen LogP contribution in [-0.4, -0.2) is 35.1 Å². The Kier molecular flexibility index (Phi) is 13.6. The summed E-state index contributed by atoms with van der Waals surface area (Å²) in [4.78, 5) is 33.5. The molecular formula is C28H40N2O4. The highest BCUT2D eigenvalue weighted by molar-refractivity contribution is 5.92. The number of aromatic nitrogens is 2. The van der Waals surface area contributed by atoms with Crippen molar-refractivity contribution in [2.45, 2.75) is 90.9 Å². The lowest BCUT2D eigenvalue weighted by Gasteiger charge is -2.08. The van der Waals surface area contributed by atoms with Crippen molar-refractivity contribution in [3.05, 3.63) is 47.8 Å². The van der Waals surface area contributed by atoms with Crippen molar-refractivity contribution in [1.82, 2.24) is 9.97 Å². The van der Waals surface area contributed by atoms with Gasteiger partial charge in [0.15, 0.2) is 0 Å². The molecule has 2 heterocycles. The zero-order valence-electron chi connectivity index (χ0n) is 20.9. The second kappa shape index (κ2) is 16.8. The summed E-state index contributed by atoms with van der Waals surface area (Å²) in [7, 11) is 0. The first-order valence-corrected chi connectivity index (χ1v) is 12.9. The van der Waals surface area contributed by atoms with Gasteiger partial charge in [0.1, 0.15) is 0 Å². The molecule has 0 saturated heterocycles. The minimum Gasteiger partial charge on any atom is -0.462 e. The number of rotatable bonds is 17. The Bertz CT molecular complexity index is 797. The number of esters is 2. The van der Waals surface area contributed by atoms with Crippen molar-refractivity contribution in [2.75, 3.05) is 13.2 Å². The highest BCUT2D eigenvalue weighted by atomic mass is 16.5. The van der Waals surface area contributed by atoms with E-state index >= 15 is 0 Å². The van der Waals surface area contributed by atoms with Gasteiger partial charge in [-0.05, 0) is 37.1 Å². The second-order valence-corrected chi connectivity index (χ2v) is 8.67. The first kappa shape index (κ1) is 27.5. The van der Waals surface area contributed by atoms with Gasteiger partial charge in [0.2, 0.25) is 0 Å². The van der Waals surface area contributed by atoms with E-state index in [0.717, 1.165) is 25.7 Å². The van der Waals surface area contributed by atoms with Crippen LogP contribution in [0.25, 0.3) is 11.4 Å². The largest absolute Gasteiger partial charge is 0.462 e. The molecule has 34 heavy (non-hydrogen) atoms. The van der Waals surface area contributed by atoms with E-state index in [0.29, 0.717) is 35.7 Å². The Hall–Kier alpha value is -2.76. The summed E-state index contributed by atoms with van der Waals surface area (Å²) in [6.07, 6.45) is 16.8. The molecule has 6 heteroatoms. The molecule has 0 radical (unpaired) electrons. The van der Waals surface area contributed by atoms with E-state index in [-0.39, 0.29) is 11.9 Å². The molecule has 0 aliphatic heterocycles. The number of ether oxygens (including phenoxy) is 2. The number of hydrogen-bond acceptors (Lipinski definition) is 6. The maximum absolute atomic E-state index is 12.4. The van der Waals surface area contributed by atoms with E-state index in [2.05, 4.69) is 23.8 Å². The molecule has 2 aromatic heterocycles. The number of pyridine rings is 2. The highest BCUT2D eigenvalue weighted by Gasteiger charge is 2.13. The molecule has 0 bridgehead atoms. The molecule has 0 aliphatic rings. The Morgan fingerprint density at radius 2 is 1.00 bits per heavy atom. The molecule has 0 amide bonds. The maximum atomic E-state index is 12.4. The molecular weight excluding hydrogens is 428 g/mol. The Labute approximate surface area is 204 Å². The quantitative estimate of drug-likeness (QED) is 0.181. The third kappa shape index (κ3) is 10.4. The number of unbranched alkanes of at least 4 members (excludes halogenated alkanes) is 10. The number of hydrogen-bond donors (Lipinski definition) is 0. The van der Waals surface area contributed by atoms with E-state index in [1.165, 1.54) is 51.4 Å². The SMILES string of the molecule is CCCCCCCCOC(=O)c1ccnc(-c2cc(C(=O)OCCCCCCCC)ccn2)c1. The van der Waals surface area contributed by atoms with Crippen LogP contribution in [-0.2, 0) is 9.47 Å². The molecule has 2 rings (SSSR count). The number of carbonyl (C=O) groups is 2. The molecule has 0 N–H and O–H groups in total. The summed E-state index contributed by atoms with van der Waals surface area (Å²) >= 11 is 0. The monoisotopic (exact) mass is 468 g/mol. The Balaban J connectivity index is 1.84. The van der Waals surface area contributed by atoms with Gasteiger partial charge in [-0.1, -0.05) is 78.1 Å². The van der Waals surface area contributed by atoms with Crippen molar-refractivity contribution in [3.63, 3.8) is 0 Å². The molecule has 0 aromatic carbocycles.